The molecule has 0 spiro atoms. The van der Waals surface area contributed by atoms with Gasteiger partial charge in [0.15, 0.2) is 0 Å². The maximum Gasteiger partial charge on any atom is 0.0897 e. The monoisotopic (exact) mass is 269 g/mol. The Hall–Kier alpha value is -0.120. The van der Waals surface area contributed by atoms with Crippen LogP contribution in [0.1, 0.15) is 64.7 Å². The van der Waals surface area contributed by atoms with Crippen LogP contribution in [0.5, 0.6) is 0 Å². The predicted octanol–water partition coefficient (Wildman–Crippen LogP) is 2.86. The Bertz CT molecular complexity index is 235. The highest BCUT2D eigenvalue weighted by molar-refractivity contribution is 4.78. The van der Waals surface area contributed by atoms with Crippen LogP contribution in [0.3, 0.4) is 0 Å². The van der Waals surface area contributed by atoms with Crippen molar-refractivity contribution in [2.75, 3.05) is 13.2 Å². The number of aliphatic hydroxyl groups is 1. The summed E-state index contributed by atoms with van der Waals surface area (Å²) in [5, 5.41) is 13.5. The Morgan fingerprint density at radius 2 is 1.68 bits per heavy atom. The maximum absolute atomic E-state index is 9.98. The Morgan fingerprint density at radius 3 is 2.37 bits per heavy atom. The van der Waals surface area contributed by atoms with Crippen molar-refractivity contribution in [3.63, 3.8) is 0 Å². The van der Waals surface area contributed by atoms with Crippen LogP contribution in [-0.2, 0) is 4.74 Å². The third-order valence-electron chi connectivity index (χ3n) is 4.86. The summed E-state index contributed by atoms with van der Waals surface area (Å²) >= 11 is 0. The van der Waals surface area contributed by atoms with E-state index in [4.69, 9.17) is 4.74 Å². The van der Waals surface area contributed by atoms with Crippen LogP contribution < -0.4 is 5.32 Å². The van der Waals surface area contributed by atoms with Gasteiger partial charge in [-0.25, -0.2) is 0 Å². The summed E-state index contributed by atoms with van der Waals surface area (Å²) in [4.78, 5) is 0. The van der Waals surface area contributed by atoms with E-state index >= 15 is 0 Å². The molecule has 0 saturated heterocycles. The van der Waals surface area contributed by atoms with Gasteiger partial charge < -0.3 is 15.2 Å². The molecule has 112 valence electrons. The molecule has 2 saturated carbocycles. The first-order valence-corrected chi connectivity index (χ1v) is 8.28. The van der Waals surface area contributed by atoms with E-state index in [1.54, 1.807) is 0 Å². The lowest BCUT2D eigenvalue weighted by Gasteiger charge is -2.25. The van der Waals surface area contributed by atoms with E-state index in [0.29, 0.717) is 25.3 Å². The number of aliphatic hydroxyl groups excluding tert-OH is 1. The summed E-state index contributed by atoms with van der Waals surface area (Å²) < 4.78 is 5.81. The lowest BCUT2D eigenvalue weighted by atomic mass is 9.98. The minimum Gasteiger partial charge on any atom is -0.389 e. The molecule has 2 aliphatic carbocycles. The van der Waals surface area contributed by atoms with Crippen LogP contribution in [0.4, 0.5) is 0 Å². The predicted molar refractivity (Wildman–Crippen MR) is 78.3 cm³/mol. The molecule has 2 aliphatic rings. The summed E-state index contributed by atoms with van der Waals surface area (Å²) in [5.41, 5.74) is 0. The molecule has 2 rings (SSSR count). The average Bonchev–Trinajstić information content (AvgIpc) is 2.98. The van der Waals surface area contributed by atoms with Gasteiger partial charge in [-0.05, 0) is 38.5 Å². The van der Waals surface area contributed by atoms with Crippen molar-refractivity contribution < 1.29 is 9.84 Å². The van der Waals surface area contributed by atoms with Gasteiger partial charge in [-0.15, -0.1) is 0 Å². The van der Waals surface area contributed by atoms with E-state index in [2.05, 4.69) is 12.2 Å². The third kappa shape index (κ3) is 5.41. The van der Waals surface area contributed by atoms with Gasteiger partial charge in [-0.2, -0.15) is 0 Å². The van der Waals surface area contributed by atoms with Crippen LogP contribution in [0.25, 0.3) is 0 Å². The van der Waals surface area contributed by atoms with Crippen LogP contribution in [0.15, 0.2) is 0 Å². The van der Waals surface area contributed by atoms with Gasteiger partial charge in [0, 0.05) is 12.6 Å². The fraction of sp³-hybridized carbons (Fsp3) is 1.00. The first-order valence-electron chi connectivity index (χ1n) is 8.28. The fourth-order valence-corrected chi connectivity index (χ4v) is 3.48. The first-order chi connectivity index (χ1) is 9.25. The van der Waals surface area contributed by atoms with E-state index in [1.807, 2.05) is 0 Å². The molecule has 3 nitrogen and oxygen atoms in total. The summed E-state index contributed by atoms with van der Waals surface area (Å²) in [7, 11) is 0. The topological polar surface area (TPSA) is 41.5 Å². The van der Waals surface area contributed by atoms with Gasteiger partial charge in [0.25, 0.3) is 0 Å². The fourth-order valence-electron chi connectivity index (χ4n) is 3.48. The number of hydrogen-bond donors (Lipinski definition) is 2. The smallest absolute Gasteiger partial charge is 0.0897 e. The van der Waals surface area contributed by atoms with Gasteiger partial charge in [0.2, 0.25) is 0 Å². The number of hydrogen-bond acceptors (Lipinski definition) is 3. The SMILES string of the molecule is C[C@H](NCC(O)COC1CCCCC1)C1CCCC1. The molecule has 0 amide bonds. The number of nitrogens with one attached hydrogen (secondary N) is 1. The Balaban J connectivity index is 1.54. The third-order valence-corrected chi connectivity index (χ3v) is 4.86. The highest BCUT2D eigenvalue weighted by Gasteiger charge is 2.22. The lowest BCUT2D eigenvalue weighted by molar-refractivity contribution is -0.0238. The van der Waals surface area contributed by atoms with E-state index in [9.17, 15) is 5.11 Å². The second-order valence-corrected chi connectivity index (χ2v) is 6.49. The van der Waals surface area contributed by atoms with Gasteiger partial charge >= 0.3 is 0 Å². The van der Waals surface area contributed by atoms with Crippen molar-refractivity contribution in [1.29, 1.82) is 0 Å². The standard InChI is InChI=1S/C16H31NO2/c1-13(14-7-5-6-8-14)17-11-15(18)12-19-16-9-3-2-4-10-16/h13-18H,2-12H2,1H3/t13-,15?/m0/s1. The zero-order chi connectivity index (χ0) is 13.5. The molecule has 3 heteroatoms. The molecular weight excluding hydrogens is 238 g/mol. The quantitative estimate of drug-likeness (QED) is 0.747. The number of ether oxygens (including phenoxy) is 1. The summed E-state index contributed by atoms with van der Waals surface area (Å²) in [6, 6.07) is 0.534. The highest BCUT2D eigenvalue weighted by atomic mass is 16.5. The van der Waals surface area contributed by atoms with E-state index in [-0.39, 0.29) is 6.10 Å². The Labute approximate surface area is 118 Å². The summed E-state index contributed by atoms with van der Waals surface area (Å²) in [6.45, 7) is 3.42. The summed E-state index contributed by atoms with van der Waals surface area (Å²) in [6.07, 6.45) is 11.8. The Morgan fingerprint density at radius 1 is 1.05 bits per heavy atom. The molecule has 2 atom stereocenters. The highest BCUT2D eigenvalue weighted by Crippen LogP contribution is 2.27. The molecule has 2 N–H and O–H groups in total. The maximum atomic E-state index is 9.98. The molecule has 0 bridgehead atoms. The summed E-state index contributed by atoms with van der Waals surface area (Å²) in [5.74, 6) is 0.812. The molecule has 0 heterocycles. The normalized spacial score (nSPS) is 25.6. The average molecular weight is 269 g/mol. The van der Waals surface area contributed by atoms with Gasteiger partial charge in [0.05, 0.1) is 18.8 Å². The van der Waals surface area contributed by atoms with Crippen molar-refractivity contribution in [2.24, 2.45) is 5.92 Å². The first kappa shape index (κ1) is 15.3. The molecule has 19 heavy (non-hydrogen) atoms. The van der Waals surface area contributed by atoms with Gasteiger partial charge in [0.1, 0.15) is 0 Å². The van der Waals surface area contributed by atoms with Crippen molar-refractivity contribution in [2.45, 2.75) is 83.0 Å². The van der Waals surface area contributed by atoms with Gasteiger partial charge in [-0.3, -0.25) is 0 Å². The largest absolute Gasteiger partial charge is 0.389 e. The minimum absolute atomic E-state index is 0.356. The van der Waals surface area contributed by atoms with Crippen molar-refractivity contribution in [1.82, 2.24) is 5.32 Å². The van der Waals surface area contributed by atoms with Crippen LogP contribution >= 0.6 is 0 Å². The van der Waals surface area contributed by atoms with Crippen LogP contribution in [0, 0.1) is 5.92 Å². The Kier molecular flexibility index (Phi) is 6.62. The second-order valence-electron chi connectivity index (χ2n) is 6.49. The number of rotatable bonds is 7. The van der Waals surface area contributed by atoms with Crippen LogP contribution in [-0.4, -0.2) is 36.5 Å². The van der Waals surface area contributed by atoms with E-state index in [0.717, 1.165) is 5.92 Å². The van der Waals surface area contributed by atoms with Gasteiger partial charge in [-0.1, -0.05) is 32.1 Å². The molecular formula is C16H31NO2. The second kappa shape index (κ2) is 8.23. The molecule has 0 radical (unpaired) electrons. The molecule has 0 aliphatic heterocycles. The van der Waals surface area contributed by atoms with Crippen molar-refractivity contribution >= 4 is 0 Å². The van der Waals surface area contributed by atoms with Crippen molar-refractivity contribution in [3.8, 4) is 0 Å². The zero-order valence-corrected chi connectivity index (χ0v) is 12.4. The lowest BCUT2D eigenvalue weighted by Crippen LogP contribution is -2.39. The minimum atomic E-state index is -0.356. The molecule has 2 fully saturated rings. The van der Waals surface area contributed by atoms with Crippen LogP contribution in [0.2, 0.25) is 0 Å². The molecule has 0 aromatic heterocycles. The van der Waals surface area contributed by atoms with E-state index in [1.165, 1.54) is 57.8 Å². The van der Waals surface area contributed by atoms with E-state index < -0.39 is 0 Å². The molecule has 0 aromatic rings. The van der Waals surface area contributed by atoms with Crippen molar-refractivity contribution in [3.05, 3.63) is 0 Å². The molecule has 0 aromatic carbocycles. The molecule has 1 unspecified atom stereocenters. The zero-order valence-electron chi connectivity index (χ0n) is 12.4.